The maximum absolute atomic E-state index is 13.6. The van der Waals surface area contributed by atoms with Gasteiger partial charge in [-0.05, 0) is 44.0 Å². The molecule has 4 nitrogen and oxygen atoms in total. The van der Waals surface area contributed by atoms with E-state index in [1.165, 1.54) is 6.07 Å². The Morgan fingerprint density at radius 1 is 1.14 bits per heavy atom. The van der Waals surface area contributed by atoms with Gasteiger partial charge in [0, 0.05) is 24.7 Å². The fourth-order valence-electron chi connectivity index (χ4n) is 3.45. The zero-order valence-corrected chi connectivity index (χ0v) is 16.0. The molecule has 1 amide bonds. The molecule has 150 valence electrons. The Kier molecular flexibility index (Phi) is 6.98. The van der Waals surface area contributed by atoms with Crippen molar-refractivity contribution in [2.45, 2.75) is 25.9 Å². The molecule has 6 heteroatoms. The van der Waals surface area contributed by atoms with E-state index in [1.54, 1.807) is 17.0 Å². The molecule has 28 heavy (non-hydrogen) atoms. The van der Waals surface area contributed by atoms with E-state index >= 15 is 0 Å². The first-order valence-electron chi connectivity index (χ1n) is 9.74. The van der Waals surface area contributed by atoms with Crippen LogP contribution in [0.1, 0.15) is 31.4 Å². The average molecular weight is 388 g/mol. The van der Waals surface area contributed by atoms with Crippen LogP contribution in [0.4, 0.5) is 8.78 Å². The van der Waals surface area contributed by atoms with E-state index in [4.69, 9.17) is 4.74 Å². The predicted molar refractivity (Wildman–Crippen MR) is 104 cm³/mol. The number of ether oxygens (including phenoxy) is 1. The Bertz CT molecular complexity index is 777. The third kappa shape index (κ3) is 5.07. The van der Waals surface area contributed by atoms with Crippen molar-refractivity contribution >= 4 is 5.91 Å². The molecule has 1 atom stereocenters. The first-order valence-corrected chi connectivity index (χ1v) is 9.74. The second kappa shape index (κ2) is 9.64. The van der Waals surface area contributed by atoms with Gasteiger partial charge in [0.05, 0.1) is 0 Å². The van der Waals surface area contributed by atoms with Gasteiger partial charge in [0.1, 0.15) is 5.75 Å². The first-order chi connectivity index (χ1) is 13.6. The molecule has 1 saturated heterocycles. The summed E-state index contributed by atoms with van der Waals surface area (Å²) in [7, 11) is 0. The van der Waals surface area contributed by atoms with Gasteiger partial charge in [-0.15, -0.1) is 0 Å². The maximum Gasteiger partial charge on any atom is 0.268 e. The van der Waals surface area contributed by atoms with E-state index in [1.807, 2.05) is 18.2 Å². The van der Waals surface area contributed by atoms with Crippen LogP contribution < -0.4 is 10.1 Å². The van der Waals surface area contributed by atoms with E-state index in [0.717, 1.165) is 38.1 Å². The molecule has 0 aliphatic carbocycles. The number of hydrogen-bond donors (Lipinski definition) is 1. The molecule has 1 heterocycles. The SMILES string of the molecule is CCNCC1CCN(C(=O)C(Oc2ccc(F)c(F)c2)c2ccccc2)CC1. The predicted octanol–water partition coefficient (Wildman–Crippen LogP) is 3.93. The second-order valence-corrected chi connectivity index (χ2v) is 7.06. The second-order valence-electron chi connectivity index (χ2n) is 7.06. The minimum atomic E-state index is -0.999. The highest BCUT2D eigenvalue weighted by Gasteiger charge is 2.31. The van der Waals surface area contributed by atoms with E-state index in [9.17, 15) is 13.6 Å². The van der Waals surface area contributed by atoms with Gasteiger partial charge in [0.25, 0.3) is 5.91 Å². The van der Waals surface area contributed by atoms with Gasteiger partial charge in [0.15, 0.2) is 11.6 Å². The number of benzene rings is 2. The smallest absolute Gasteiger partial charge is 0.268 e. The number of rotatable bonds is 7. The minimum Gasteiger partial charge on any atom is -0.476 e. The molecule has 3 rings (SSSR count). The highest BCUT2D eigenvalue weighted by atomic mass is 19.2. The fraction of sp³-hybridized carbons (Fsp3) is 0.409. The summed E-state index contributed by atoms with van der Waals surface area (Å²) in [6.45, 7) is 5.32. The first kappa shape index (κ1) is 20.3. The molecule has 1 N–H and O–H groups in total. The summed E-state index contributed by atoms with van der Waals surface area (Å²) in [5, 5.41) is 3.36. The number of amides is 1. The average Bonchev–Trinajstić information content (AvgIpc) is 2.73. The van der Waals surface area contributed by atoms with Crippen LogP contribution in [0.25, 0.3) is 0 Å². The van der Waals surface area contributed by atoms with Gasteiger partial charge >= 0.3 is 0 Å². The van der Waals surface area contributed by atoms with Gasteiger partial charge in [-0.3, -0.25) is 4.79 Å². The van der Waals surface area contributed by atoms with Crippen molar-refractivity contribution < 1.29 is 18.3 Å². The van der Waals surface area contributed by atoms with Crippen molar-refractivity contribution in [3.05, 3.63) is 65.7 Å². The zero-order chi connectivity index (χ0) is 19.9. The van der Waals surface area contributed by atoms with Crippen LogP contribution in [0.5, 0.6) is 5.75 Å². The van der Waals surface area contributed by atoms with Gasteiger partial charge in [-0.1, -0.05) is 37.3 Å². The number of carbonyl (C=O) groups excluding carboxylic acids is 1. The minimum absolute atomic E-state index is 0.128. The molecule has 2 aromatic carbocycles. The lowest BCUT2D eigenvalue weighted by Gasteiger charge is -2.34. The molecular formula is C22H26F2N2O2. The van der Waals surface area contributed by atoms with Crippen LogP contribution in [-0.2, 0) is 4.79 Å². The number of halogens is 2. The van der Waals surface area contributed by atoms with E-state index in [2.05, 4.69) is 12.2 Å². The Morgan fingerprint density at radius 2 is 1.86 bits per heavy atom. The molecule has 1 aliphatic heterocycles. The summed E-state index contributed by atoms with van der Waals surface area (Å²) >= 11 is 0. The number of likely N-dealkylation sites (tertiary alicyclic amines) is 1. The van der Waals surface area contributed by atoms with E-state index in [0.29, 0.717) is 24.6 Å². The monoisotopic (exact) mass is 388 g/mol. The summed E-state index contributed by atoms with van der Waals surface area (Å²) in [5.41, 5.74) is 0.687. The molecule has 1 aliphatic rings. The number of nitrogens with one attached hydrogen (secondary N) is 1. The standard InChI is InChI=1S/C22H26F2N2O2/c1-2-25-15-16-10-12-26(13-11-16)22(27)21(17-6-4-3-5-7-17)28-18-8-9-19(23)20(24)14-18/h3-9,14,16,21,25H,2,10-13,15H2,1H3. The Balaban J connectivity index is 1.74. The summed E-state index contributed by atoms with van der Waals surface area (Å²) in [4.78, 5) is 15.0. The molecule has 0 saturated carbocycles. The van der Waals surface area contributed by atoms with E-state index in [-0.39, 0.29) is 11.7 Å². The number of carbonyl (C=O) groups is 1. The van der Waals surface area contributed by atoms with Crippen molar-refractivity contribution in [3.8, 4) is 5.75 Å². The molecule has 0 bridgehead atoms. The van der Waals surface area contributed by atoms with Gasteiger partial charge < -0.3 is 15.0 Å². The number of nitrogens with zero attached hydrogens (tertiary/aromatic N) is 1. The maximum atomic E-state index is 13.6. The Hall–Kier alpha value is -2.47. The largest absolute Gasteiger partial charge is 0.476 e. The van der Waals surface area contributed by atoms with Gasteiger partial charge in [-0.2, -0.15) is 0 Å². The number of hydrogen-bond acceptors (Lipinski definition) is 3. The Morgan fingerprint density at radius 3 is 2.50 bits per heavy atom. The van der Waals surface area contributed by atoms with Crippen molar-refractivity contribution in [2.24, 2.45) is 5.92 Å². The molecule has 0 radical (unpaired) electrons. The molecule has 2 aromatic rings. The fourth-order valence-corrected chi connectivity index (χ4v) is 3.45. The molecule has 0 spiro atoms. The van der Waals surface area contributed by atoms with Gasteiger partial charge in [0.2, 0.25) is 6.10 Å². The number of piperidine rings is 1. The quantitative estimate of drug-likeness (QED) is 0.781. The highest BCUT2D eigenvalue weighted by molar-refractivity contribution is 5.82. The van der Waals surface area contributed by atoms with Crippen LogP contribution in [0.2, 0.25) is 0 Å². The van der Waals surface area contributed by atoms with Crippen molar-refractivity contribution in [1.82, 2.24) is 10.2 Å². The summed E-state index contributed by atoms with van der Waals surface area (Å²) < 4.78 is 32.6. The third-order valence-corrected chi connectivity index (χ3v) is 5.08. The van der Waals surface area contributed by atoms with E-state index < -0.39 is 17.7 Å². The summed E-state index contributed by atoms with van der Waals surface area (Å²) in [5.74, 6) is -1.41. The summed E-state index contributed by atoms with van der Waals surface area (Å²) in [6.07, 6.45) is 0.980. The summed E-state index contributed by atoms with van der Waals surface area (Å²) in [6, 6.07) is 12.4. The normalized spacial score (nSPS) is 16.0. The molecule has 1 fully saturated rings. The van der Waals surface area contributed by atoms with Crippen LogP contribution in [-0.4, -0.2) is 37.0 Å². The lowest BCUT2D eigenvalue weighted by molar-refractivity contribution is -0.140. The lowest BCUT2D eigenvalue weighted by atomic mass is 9.96. The highest BCUT2D eigenvalue weighted by Crippen LogP contribution is 2.27. The zero-order valence-electron chi connectivity index (χ0n) is 16.0. The Labute approximate surface area is 164 Å². The van der Waals surface area contributed by atoms with Crippen LogP contribution >= 0.6 is 0 Å². The van der Waals surface area contributed by atoms with Crippen LogP contribution in [0.15, 0.2) is 48.5 Å². The molecule has 1 unspecified atom stereocenters. The van der Waals surface area contributed by atoms with Crippen molar-refractivity contribution in [1.29, 1.82) is 0 Å². The van der Waals surface area contributed by atoms with Crippen molar-refractivity contribution in [2.75, 3.05) is 26.2 Å². The van der Waals surface area contributed by atoms with Crippen LogP contribution in [0.3, 0.4) is 0 Å². The lowest BCUT2D eigenvalue weighted by Crippen LogP contribution is -2.44. The molecule has 0 aromatic heterocycles. The van der Waals surface area contributed by atoms with Crippen molar-refractivity contribution in [3.63, 3.8) is 0 Å². The molecular weight excluding hydrogens is 362 g/mol. The third-order valence-electron chi connectivity index (χ3n) is 5.08. The van der Waals surface area contributed by atoms with Crippen LogP contribution in [0, 0.1) is 17.6 Å². The van der Waals surface area contributed by atoms with Gasteiger partial charge in [-0.25, -0.2) is 8.78 Å². The topological polar surface area (TPSA) is 41.6 Å².